The standard InChI is InChI=1S/C54H38N2Si/c1-5-20-39(21-6-1)40-22-17-23-41(38-40)55-48-33-15-13-30-45(48)46-32-18-36-51(54(46)55)56-49-34-16-14-31-47(49)53-50(56)35-19-37-52(53)57(42-24-7-2-8-25-42,43-26-9-3-10-27-43)44-28-11-4-12-29-44/h1-38H/i1D,5D,6D,17D,20D,21D,22D,23D,38D. The molecule has 268 valence electrons. The molecule has 0 aliphatic heterocycles. The highest BCUT2D eigenvalue weighted by Gasteiger charge is 2.43. The third-order valence-corrected chi connectivity index (χ3v) is 16.0. The molecule has 0 amide bonds. The first-order chi connectivity index (χ1) is 32.1. The van der Waals surface area contributed by atoms with Crippen LogP contribution < -0.4 is 20.7 Å². The summed E-state index contributed by atoms with van der Waals surface area (Å²) in [7, 11) is -3.07. The Morgan fingerprint density at radius 3 is 1.58 bits per heavy atom. The molecule has 2 heterocycles. The van der Waals surface area contributed by atoms with Gasteiger partial charge < -0.3 is 9.13 Å². The molecule has 0 saturated heterocycles. The number of rotatable bonds is 7. The average molecular weight is 752 g/mol. The van der Waals surface area contributed by atoms with Crippen LogP contribution in [0, 0.1) is 0 Å². The molecule has 0 aliphatic carbocycles. The molecule has 0 atom stereocenters. The maximum atomic E-state index is 9.84. The largest absolute Gasteiger partial charge is 0.307 e. The molecule has 11 aromatic rings. The monoisotopic (exact) mass is 751 g/mol. The SMILES string of the molecule is [2H]c1c([2H])c([2H])c(-c2c([2H])c([2H])c([2H])c(-n3c4ccccc4c4cccc(-n5c6ccccc6c6c([Si](c7ccccc7)(c7ccccc7)c7ccccc7)cccc65)c43)c2[2H])c([2H])c1[2H]. The van der Waals surface area contributed by atoms with Crippen molar-refractivity contribution in [2.45, 2.75) is 0 Å². The number of para-hydroxylation sites is 3. The van der Waals surface area contributed by atoms with E-state index in [1.54, 1.807) is 4.57 Å². The smallest absolute Gasteiger partial charge is 0.180 e. The number of aromatic nitrogens is 2. The average Bonchev–Trinajstić information content (AvgIpc) is 3.88. The van der Waals surface area contributed by atoms with Gasteiger partial charge in [0.15, 0.2) is 8.07 Å². The zero-order valence-electron chi connectivity index (χ0n) is 39.6. The molecule has 0 spiro atoms. The van der Waals surface area contributed by atoms with Gasteiger partial charge in [-0.05, 0) is 68.2 Å². The normalized spacial score (nSPS) is 14.1. The van der Waals surface area contributed by atoms with Crippen molar-refractivity contribution >= 4 is 72.4 Å². The van der Waals surface area contributed by atoms with Gasteiger partial charge >= 0.3 is 0 Å². The van der Waals surface area contributed by atoms with Gasteiger partial charge in [0, 0.05) is 27.2 Å². The van der Waals surface area contributed by atoms with E-state index in [4.69, 9.17) is 9.60 Å². The van der Waals surface area contributed by atoms with Crippen molar-refractivity contribution in [3.8, 4) is 22.5 Å². The number of benzene rings is 9. The zero-order valence-corrected chi connectivity index (χ0v) is 31.6. The van der Waals surface area contributed by atoms with Gasteiger partial charge in [0.05, 0.1) is 40.1 Å². The second-order valence-corrected chi connectivity index (χ2v) is 17.9. The number of hydrogen-bond donors (Lipinski definition) is 0. The first-order valence-electron chi connectivity index (χ1n) is 23.5. The van der Waals surface area contributed by atoms with E-state index in [1.165, 1.54) is 20.7 Å². The minimum atomic E-state index is -3.07. The summed E-state index contributed by atoms with van der Waals surface area (Å²) in [5, 5.41) is 8.69. The van der Waals surface area contributed by atoms with Gasteiger partial charge in [-0.2, -0.15) is 0 Å². The molecule has 0 radical (unpaired) electrons. The number of hydrogen-bond acceptors (Lipinski definition) is 0. The second kappa shape index (κ2) is 13.5. The lowest BCUT2D eigenvalue weighted by Crippen LogP contribution is -2.74. The van der Waals surface area contributed by atoms with Gasteiger partial charge in [0.25, 0.3) is 0 Å². The Morgan fingerprint density at radius 2 is 0.912 bits per heavy atom. The predicted molar refractivity (Wildman–Crippen MR) is 244 cm³/mol. The summed E-state index contributed by atoms with van der Waals surface area (Å²) in [6.07, 6.45) is 0. The van der Waals surface area contributed by atoms with Crippen LogP contribution in [0.4, 0.5) is 0 Å². The van der Waals surface area contributed by atoms with Crippen LogP contribution in [0.25, 0.3) is 66.1 Å². The maximum Gasteiger partial charge on any atom is 0.180 e. The van der Waals surface area contributed by atoms with Crippen molar-refractivity contribution in [2.75, 3.05) is 0 Å². The topological polar surface area (TPSA) is 9.86 Å². The van der Waals surface area contributed by atoms with Crippen LogP contribution in [-0.2, 0) is 0 Å². The minimum absolute atomic E-state index is 0.0402. The number of fused-ring (bicyclic) bond motifs is 6. The molecular weight excluding hydrogens is 705 g/mol. The van der Waals surface area contributed by atoms with Crippen LogP contribution in [0.3, 0.4) is 0 Å². The van der Waals surface area contributed by atoms with Crippen LogP contribution in [0.5, 0.6) is 0 Å². The molecule has 0 bridgehead atoms. The van der Waals surface area contributed by atoms with Crippen molar-refractivity contribution in [2.24, 2.45) is 0 Å². The summed E-state index contributed by atoms with van der Waals surface area (Å²) in [5.41, 5.74) is 3.18. The molecule has 57 heavy (non-hydrogen) atoms. The van der Waals surface area contributed by atoms with Crippen LogP contribution in [-0.4, -0.2) is 17.2 Å². The molecule has 3 heteroatoms. The van der Waals surface area contributed by atoms with Gasteiger partial charge in [0.2, 0.25) is 0 Å². The van der Waals surface area contributed by atoms with Crippen molar-refractivity contribution < 1.29 is 12.3 Å². The van der Waals surface area contributed by atoms with Gasteiger partial charge in [-0.3, -0.25) is 0 Å². The van der Waals surface area contributed by atoms with E-state index in [0.717, 1.165) is 38.3 Å². The van der Waals surface area contributed by atoms with E-state index in [0.29, 0.717) is 11.0 Å². The first-order valence-corrected chi connectivity index (χ1v) is 21.0. The van der Waals surface area contributed by atoms with Crippen LogP contribution in [0.1, 0.15) is 12.3 Å². The van der Waals surface area contributed by atoms with E-state index in [-0.39, 0.29) is 16.8 Å². The summed E-state index contributed by atoms with van der Waals surface area (Å²) in [6, 6.07) is 56.1. The third kappa shape index (κ3) is 5.10. The lowest BCUT2D eigenvalue weighted by molar-refractivity contribution is 1.13. The highest BCUT2D eigenvalue weighted by molar-refractivity contribution is 7.20. The molecule has 2 aromatic heterocycles. The van der Waals surface area contributed by atoms with Crippen molar-refractivity contribution in [3.63, 3.8) is 0 Å². The molecule has 0 N–H and O–H groups in total. The maximum absolute atomic E-state index is 9.84. The molecular formula is C54H38N2Si. The Bertz CT molecular complexity index is 3630. The zero-order chi connectivity index (χ0) is 45.6. The van der Waals surface area contributed by atoms with Crippen molar-refractivity contribution in [1.29, 1.82) is 0 Å². The highest BCUT2D eigenvalue weighted by Crippen LogP contribution is 2.40. The minimum Gasteiger partial charge on any atom is -0.307 e. The third-order valence-electron chi connectivity index (χ3n) is 11.2. The first kappa shape index (κ1) is 25.1. The van der Waals surface area contributed by atoms with Crippen molar-refractivity contribution in [1.82, 2.24) is 9.13 Å². The Labute approximate surface area is 345 Å². The highest BCUT2D eigenvalue weighted by atomic mass is 28.3. The van der Waals surface area contributed by atoms with Crippen molar-refractivity contribution in [3.05, 3.63) is 230 Å². The molecule has 0 fully saturated rings. The molecule has 0 unspecified atom stereocenters. The van der Waals surface area contributed by atoms with Gasteiger partial charge in [0.1, 0.15) is 0 Å². The Morgan fingerprint density at radius 1 is 0.386 bits per heavy atom. The number of nitrogens with zero attached hydrogens (tertiary/aromatic N) is 2. The van der Waals surface area contributed by atoms with E-state index >= 15 is 0 Å². The van der Waals surface area contributed by atoms with Gasteiger partial charge in [-0.15, -0.1) is 0 Å². The summed E-state index contributed by atoms with van der Waals surface area (Å²) in [6.45, 7) is 0. The summed E-state index contributed by atoms with van der Waals surface area (Å²) >= 11 is 0. The summed E-state index contributed by atoms with van der Waals surface area (Å²) in [4.78, 5) is 0. The Hall–Kier alpha value is -7.20. The van der Waals surface area contributed by atoms with Crippen LogP contribution in [0.15, 0.2) is 230 Å². The summed E-state index contributed by atoms with van der Waals surface area (Å²) in [5.74, 6) is 0. The van der Waals surface area contributed by atoms with E-state index in [2.05, 4.69) is 132 Å². The fraction of sp³-hybridized carbons (Fsp3) is 0. The van der Waals surface area contributed by atoms with E-state index < -0.39 is 62.5 Å². The fourth-order valence-electron chi connectivity index (χ4n) is 8.98. The Kier molecular flexibility index (Phi) is 5.94. The Balaban J connectivity index is 1.30. The second-order valence-electron chi connectivity index (χ2n) is 14.1. The van der Waals surface area contributed by atoms with E-state index in [1.807, 2.05) is 48.5 Å². The molecule has 2 nitrogen and oxygen atoms in total. The summed E-state index contributed by atoms with van der Waals surface area (Å²) < 4.78 is 84.5. The lowest BCUT2D eigenvalue weighted by Gasteiger charge is -2.35. The quantitative estimate of drug-likeness (QED) is 0.113. The molecule has 11 rings (SSSR count). The van der Waals surface area contributed by atoms with E-state index in [9.17, 15) is 2.74 Å². The molecule has 0 aliphatic rings. The van der Waals surface area contributed by atoms with Gasteiger partial charge in [-0.1, -0.05) is 194 Å². The van der Waals surface area contributed by atoms with Crippen LogP contribution >= 0.6 is 0 Å². The fourth-order valence-corrected chi connectivity index (χ4v) is 14.0. The molecule has 9 aromatic carbocycles. The lowest BCUT2D eigenvalue weighted by atomic mass is 10.1. The predicted octanol–water partition coefficient (Wildman–Crippen LogP) is 10.9. The molecule has 0 saturated carbocycles. The van der Waals surface area contributed by atoms with Crippen LogP contribution in [0.2, 0.25) is 0 Å². The van der Waals surface area contributed by atoms with Gasteiger partial charge in [-0.25, -0.2) is 0 Å².